The van der Waals surface area contributed by atoms with E-state index in [9.17, 15) is 0 Å². The first-order valence-corrected chi connectivity index (χ1v) is 8.38. The van der Waals surface area contributed by atoms with Crippen LogP contribution >= 0.6 is 0 Å². The van der Waals surface area contributed by atoms with E-state index in [1.54, 1.807) is 0 Å². The van der Waals surface area contributed by atoms with Crippen LogP contribution < -0.4 is 5.32 Å². The first-order chi connectivity index (χ1) is 10.2. The molecule has 0 saturated carbocycles. The van der Waals surface area contributed by atoms with Crippen molar-refractivity contribution in [2.75, 3.05) is 6.54 Å². The quantitative estimate of drug-likeness (QED) is 0.795. The number of hydrogen-bond acceptors (Lipinski definition) is 2. The van der Waals surface area contributed by atoms with Gasteiger partial charge >= 0.3 is 0 Å². The Morgan fingerprint density at radius 1 is 1.19 bits per heavy atom. The van der Waals surface area contributed by atoms with Crippen molar-refractivity contribution in [3.05, 3.63) is 30.1 Å². The fourth-order valence-electron chi connectivity index (χ4n) is 2.92. The number of hydrogen-bond donors (Lipinski definition) is 1. The minimum absolute atomic E-state index is 0.511. The molecular formula is C18H29N3. The molecule has 2 rings (SSSR count). The summed E-state index contributed by atoms with van der Waals surface area (Å²) in [5.41, 5.74) is 2.38. The van der Waals surface area contributed by atoms with Gasteiger partial charge < -0.3 is 9.88 Å². The van der Waals surface area contributed by atoms with Crippen LogP contribution in [0, 0.1) is 5.92 Å². The maximum atomic E-state index is 4.87. The number of fused-ring (bicyclic) bond motifs is 1. The Morgan fingerprint density at radius 2 is 1.95 bits per heavy atom. The molecule has 1 aromatic heterocycles. The van der Waals surface area contributed by atoms with Gasteiger partial charge in [-0.2, -0.15) is 0 Å². The van der Waals surface area contributed by atoms with Crippen molar-refractivity contribution in [3.63, 3.8) is 0 Å². The topological polar surface area (TPSA) is 29.9 Å². The fraction of sp³-hybridized carbons (Fsp3) is 0.611. The Morgan fingerprint density at radius 3 is 2.62 bits per heavy atom. The lowest BCUT2D eigenvalue weighted by atomic mass is 9.96. The number of nitrogens with zero attached hydrogens (tertiary/aromatic N) is 2. The first kappa shape index (κ1) is 16.0. The molecule has 3 nitrogen and oxygen atoms in total. The zero-order valence-corrected chi connectivity index (χ0v) is 13.9. The largest absolute Gasteiger partial charge is 0.328 e. The molecule has 0 aliphatic heterocycles. The SMILES string of the molecule is CCCNC(Cc1nc2ccccc2n1CC)C(C)CC. The molecule has 116 valence electrons. The third-order valence-electron chi connectivity index (χ3n) is 4.44. The molecule has 0 aliphatic carbocycles. The normalized spacial score (nSPS) is 14.5. The van der Waals surface area contributed by atoms with E-state index >= 15 is 0 Å². The Hall–Kier alpha value is -1.35. The second-order valence-corrected chi connectivity index (χ2v) is 5.91. The van der Waals surface area contributed by atoms with Gasteiger partial charge in [-0.15, -0.1) is 0 Å². The fourth-order valence-corrected chi connectivity index (χ4v) is 2.92. The minimum Gasteiger partial charge on any atom is -0.328 e. The van der Waals surface area contributed by atoms with Gasteiger partial charge in [-0.25, -0.2) is 4.98 Å². The number of imidazole rings is 1. The van der Waals surface area contributed by atoms with E-state index in [0.717, 1.165) is 25.0 Å². The molecule has 0 bridgehead atoms. The Bertz CT molecular complexity index is 559. The molecule has 2 atom stereocenters. The third kappa shape index (κ3) is 3.65. The molecule has 2 unspecified atom stereocenters. The van der Waals surface area contributed by atoms with Crippen LogP contribution in [-0.2, 0) is 13.0 Å². The lowest BCUT2D eigenvalue weighted by Gasteiger charge is -2.24. The molecular weight excluding hydrogens is 258 g/mol. The molecule has 1 N–H and O–H groups in total. The van der Waals surface area contributed by atoms with E-state index in [2.05, 4.69) is 61.8 Å². The maximum Gasteiger partial charge on any atom is 0.111 e. The van der Waals surface area contributed by atoms with Crippen LogP contribution in [0.25, 0.3) is 11.0 Å². The molecule has 0 spiro atoms. The van der Waals surface area contributed by atoms with E-state index in [1.807, 2.05) is 0 Å². The monoisotopic (exact) mass is 287 g/mol. The second-order valence-electron chi connectivity index (χ2n) is 5.91. The Balaban J connectivity index is 2.26. The van der Waals surface area contributed by atoms with Crippen LogP contribution in [0.4, 0.5) is 0 Å². The van der Waals surface area contributed by atoms with Gasteiger partial charge in [0, 0.05) is 19.0 Å². The van der Waals surface area contributed by atoms with Crippen molar-refractivity contribution in [2.24, 2.45) is 5.92 Å². The van der Waals surface area contributed by atoms with Crippen LogP contribution in [0.3, 0.4) is 0 Å². The minimum atomic E-state index is 0.511. The molecule has 2 aromatic rings. The lowest BCUT2D eigenvalue weighted by molar-refractivity contribution is 0.357. The van der Waals surface area contributed by atoms with E-state index in [0.29, 0.717) is 12.0 Å². The summed E-state index contributed by atoms with van der Waals surface area (Å²) < 4.78 is 2.36. The summed E-state index contributed by atoms with van der Waals surface area (Å²) in [4.78, 5) is 4.87. The van der Waals surface area contributed by atoms with Crippen LogP contribution in [0.15, 0.2) is 24.3 Å². The van der Waals surface area contributed by atoms with Crippen LogP contribution in [-0.4, -0.2) is 22.1 Å². The summed E-state index contributed by atoms with van der Waals surface area (Å²) in [6, 6.07) is 8.97. The Kier molecular flexibility index (Phi) is 5.80. The van der Waals surface area contributed by atoms with Crippen molar-refractivity contribution in [1.82, 2.24) is 14.9 Å². The second kappa shape index (κ2) is 7.60. The van der Waals surface area contributed by atoms with Gasteiger partial charge in [-0.1, -0.05) is 39.3 Å². The number of para-hydroxylation sites is 2. The van der Waals surface area contributed by atoms with Crippen LogP contribution in [0.2, 0.25) is 0 Å². The molecule has 21 heavy (non-hydrogen) atoms. The standard InChI is InChI=1S/C18H29N3/c1-5-12-19-16(14(4)6-2)13-18-20-15-10-8-9-11-17(15)21(18)7-3/h8-11,14,16,19H,5-7,12-13H2,1-4H3. The Labute approximate surface area is 128 Å². The molecule has 3 heteroatoms. The molecule has 0 aliphatic rings. The molecule has 0 radical (unpaired) electrons. The molecule has 0 fully saturated rings. The predicted molar refractivity (Wildman–Crippen MR) is 90.6 cm³/mol. The zero-order chi connectivity index (χ0) is 15.2. The summed E-state index contributed by atoms with van der Waals surface area (Å²) in [5, 5.41) is 3.71. The summed E-state index contributed by atoms with van der Waals surface area (Å²) in [7, 11) is 0. The molecule has 0 amide bonds. The van der Waals surface area contributed by atoms with Gasteiger partial charge in [-0.05, 0) is 37.9 Å². The van der Waals surface area contributed by atoms with Crippen molar-refractivity contribution in [1.29, 1.82) is 0 Å². The highest BCUT2D eigenvalue weighted by molar-refractivity contribution is 5.75. The summed E-state index contributed by atoms with van der Waals surface area (Å²) >= 11 is 0. The van der Waals surface area contributed by atoms with E-state index in [-0.39, 0.29) is 0 Å². The number of aromatic nitrogens is 2. The van der Waals surface area contributed by atoms with Gasteiger partial charge in [-0.3, -0.25) is 0 Å². The maximum absolute atomic E-state index is 4.87. The zero-order valence-electron chi connectivity index (χ0n) is 13.9. The van der Waals surface area contributed by atoms with Gasteiger partial charge in [0.15, 0.2) is 0 Å². The van der Waals surface area contributed by atoms with Crippen LogP contribution in [0.5, 0.6) is 0 Å². The van der Waals surface area contributed by atoms with Gasteiger partial charge in [0.25, 0.3) is 0 Å². The average molecular weight is 287 g/mol. The van der Waals surface area contributed by atoms with Crippen molar-refractivity contribution in [2.45, 2.75) is 59.5 Å². The summed E-state index contributed by atoms with van der Waals surface area (Å²) in [6.45, 7) is 11.1. The number of benzene rings is 1. The molecule has 1 aromatic carbocycles. The van der Waals surface area contributed by atoms with E-state index in [4.69, 9.17) is 4.98 Å². The number of rotatable bonds is 8. The van der Waals surface area contributed by atoms with Crippen molar-refractivity contribution >= 4 is 11.0 Å². The van der Waals surface area contributed by atoms with Crippen molar-refractivity contribution < 1.29 is 0 Å². The van der Waals surface area contributed by atoms with Gasteiger partial charge in [0.2, 0.25) is 0 Å². The summed E-state index contributed by atoms with van der Waals surface area (Å²) in [5.74, 6) is 1.88. The first-order valence-electron chi connectivity index (χ1n) is 8.38. The molecule has 1 heterocycles. The van der Waals surface area contributed by atoms with Crippen LogP contribution in [0.1, 0.15) is 46.4 Å². The number of nitrogens with one attached hydrogen (secondary N) is 1. The highest BCUT2D eigenvalue weighted by Crippen LogP contribution is 2.19. The molecule has 0 saturated heterocycles. The van der Waals surface area contributed by atoms with E-state index in [1.165, 1.54) is 24.2 Å². The van der Waals surface area contributed by atoms with Crippen molar-refractivity contribution in [3.8, 4) is 0 Å². The third-order valence-corrected chi connectivity index (χ3v) is 4.44. The van der Waals surface area contributed by atoms with Gasteiger partial charge in [0.05, 0.1) is 11.0 Å². The smallest absolute Gasteiger partial charge is 0.111 e. The van der Waals surface area contributed by atoms with Gasteiger partial charge in [0.1, 0.15) is 5.82 Å². The predicted octanol–water partition coefficient (Wildman–Crippen LogP) is 4.01. The van der Waals surface area contributed by atoms with E-state index < -0.39 is 0 Å². The summed E-state index contributed by atoms with van der Waals surface area (Å²) in [6.07, 6.45) is 3.39. The lowest BCUT2D eigenvalue weighted by Crippen LogP contribution is -2.38. The number of aryl methyl sites for hydroxylation is 1. The average Bonchev–Trinajstić information content (AvgIpc) is 2.87. The highest BCUT2D eigenvalue weighted by atomic mass is 15.1. The highest BCUT2D eigenvalue weighted by Gasteiger charge is 2.19.